The number of hydrogen-bond donors (Lipinski definition) is 0. The molecule has 232 valence electrons. The second kappa shape index (κ2) is 17.2. The highest BCUT2D eigenvalue weighted by Crippen LogP contribution is 2.29. The van der Waals surface area contributed by atoms with Crippen LogP contribution < -0.4 is 0 Å². The molecule has 0 fully saturated rings. The molecule has 4 heteroatoms. The van der Waals surface area contributed by atoms with Crippen molar-refractivity contribution < 1.29 is 0 Å². The molecule has 0 unspecified atom stereocenters. The Morgan fingerprint density at radius 2 is 0.773 bits per heavy atom. The molecule has 0 saturated heterocycles. The summed E-state index contributed by atoms with van der Waals surface area (Å²) in [5.74, 6) is 0. The van der Waals surface area contributed by atoms with Gasteiger partial charge in [0.15, 0.2) is 0 Å². The van der Waals surface area contributed by atoms with Crippen molar-refractivity contribution in [1.29, 1.82) is 0 Å². The molecule has 0 aliphatic carbocycles. The van der Waals surface area contributed by atoms with Crippen molar-refractivity contribution in [3.05, 3.63) is 94.7 Å². The van der Waals surface area contributed by atoms with Gasteiger partial charge in [-0.05, 0) is 86.4 Å². The van der Waals surface area contributed by atoms with Crippen LogP contribution in [-0.2, 0) is 0 Å². The van der Waals surface area contributed by atoms with E-state index in [9.17, 15) is 0 Å². The third-order valence-electron chi connectivity index (χ3n) is 9.04. The van der Waals surface area contributed by atoms with E-state index < -0.39 is 0 Å². The molecule has 44 heavy (non-hydrogen) atoms. The van der Waals surface area contributed by atoms with Gasteiger partial charge in [0.25, 0.3) is 0 Å². The summed E-state index contributed by atoms with van der Waals surface area (Å²) in [4.78, 5) is 20.2. The number of aliphatic imine (C=N–C) groups is 4. The summed E-state index contributed by atoms with van der Waals surface area (Å²) in [6.45, 7) is 4.56. The van der Waals surface area contributed by atoms with Crippen LogP contribution in [0.4, 0.5) is 0 Å². The summed E-state index contributed by atoms with van der Waals surface area (Å²) in [5.41, 5.74) is 10.5. The predicted octanol–water partition coefficient (Wildman–Crippen LogP) is 11.4. The number of fused-ring (bicyclic) bond motifs is 4. The van der Waals surface area contributed by atoms with E-state index in [0.717, 1.165) is 58.5 Å². The molecule has 0 amide bonds. The summed E-state index contributed by atoms with van der Waals surface area (Å²) in [6.07, 6.45) is 44.4. The molecule has 8 bridgehead atoms. The molecular formula is C40H52N4. The molecule has 4 nitrogen and oxygen atoms in total. The van der Waals surface area contributed by atoms with Gasteiger partial charge in [0.05, 0.1) is 45.6 Å². The van der Waals surface area contributed by atoms with E-state index >= 15 is 0 Å². The predicted molar refractivity (Wildman–Crippen MR) is 191 cm³/mol. The lowest BCUT2D eigenvalue weighted by Gasteiger charge is -2.09. The van der Waals surface area contributed by atoms with Crippen molar-refractivity contribution in [2.24, 2.45) is 20.0 Å². The van der Waals surface area contributed by atoms with E-state index in [0.29, 0.717) is 0 Å². The number of rotatable bonds is 18. The van der Waals surface area contributed by atoms with Crippen molar-refractivity contribution in [1.82, 2.24) is 0 Å². The zero-order valence-electron chi connectivity index (χ0n) is 27.3. The van der Waals surface area contributed by atoms with Crippen molar-refractivity contribution in [2.75, 3.05) is 0 Å². The Labute approximate surface area is 266 Å². The van der Waals surface area contributed by atoms with E-state index in [4.69, 9.17) is 20.0 Å². The van der Waals surface area contributed by atoms with Gasteiger partial charge in [-0.25, -0.2) is 20.0 Å². The van der Waals surface area contributed by atoms with Crippen LogP contribution in [0.25, 0.3) is 0 Å². The number of hydrogen-bond acceptors (Lipinski definition) is 4. The third kappa shape index (κ3) is 9.30. The SMILES string of the molecule is CCCCCCCCCCC1=C2C=CC(=N2)C=C2C=CC(=N2)C(CCCCCCCCCC)=C2C=CC(=N2)C=C2C=CC1=N2. The first-order valence-electron chi connectivity index (χ1n) is 17.7. The van der Waals surface area contributed by atoms with Gasteiger partial charge >= 0.3 is 0 Å². The minimum Gasteiger partial charge on any atom is -0.249 e. The molecule has 0 spiro atoms. The maximum absolute atomic E-state index is 5.06. The zero-order valence-corrected chi connectivity index (χ0v) is 27.3. The fourth-order valence-corrected chi connectivity index (χ4v) is 6.45. The maximum Gasteiger partial charge on any atom is 0.0691 e. The summed E-state index contributed by atoms with van der Waals surface area (Å²) in [7, 11) is 0. The standard InChI is InChI=1S/C40H52N4/c1-3-5-7-9-11-13-15-17-19-35-37-25-21-31(41-37)29-33-23-27-39(43-33)36(20-18-16-14-12-10-8-6-4-2)40-28-24-34(44-40)30-32-22-26-38(35)42-32/h21-30H,3-20H2,1-2H3. The number of nitrogens with zero attached hydrogens (tertiary/aromatic N) is 4. The Morgan fingerprint density at radius 1 is 0.386 bits per heavy atom. The van der Waals surface area contributed by atoms with Crippen LogP contribution in [-0.4, -0.2) is 22.8 Å². The topological polar surface area (TPSA) is 49.4 Å². The molecule has 0 atom stereocenters. The van der Waals surface area contributed by atoms with Gasteiger partial charge in [-0.3, -0.25) is 0 Å². The molecule has 5 heterocycles. The molecule has 5 aliphatic heterocycles. The van der Waals surface area contributed by atoms with Crippen molar-refractivity contribution in [3.63, 3.8) is 0 Å². The third-order valence-corrected chi connectivity index (χ3v) is 9.04. The quantitative estimate of drug-likeness (QED) is 0.143. The van der Waals surface area contributed by atoms with Crippen molar-refractivity contribution in [3.8, 4) is 0 Å². The Hall–Kier alpha value is -3.40. The normalized spacial score (nSPS) is 18.3. The van der Waals surface area contributed by atoms with Crippen LogP contribution in [0, 0.1) is 0 Å². The van der Waals surface area contributed by atoms with E-state index in [1.54, 1.807) is 0 Å². The second-order valence-corrected chi connectivity index (χ2v) is 12.7. The molecular weight excluding hydrogens is 536 g/mol. The lowest BCUT2D eigenvalue weighted by Crippen LogP contribution is -2.01. The molecule has 0 radical (unpaired) electrons. The Balaban J connectivity index is 1.32. The smallest absolute Gasteiger partial charge is 0.0691 e. The molecule has 0 N–H and O–H groups in total. The van der Waals surface area contributed by atoms with Gasteiger partial charge in [-0.1, -0.05) is 104 Å². The zero-order chi connectivity index (χ0) is 30.4. The minimum atomic E-state index is 0.960. The average molecular weight is 589 g/mol. The van der Waals surface area contributed by atoms with Gasteiger partial charge in [-0.2, -0.15) is 0 Å². The highest BCUT2D eigenvalue weighted by atomic mass is 14.8. The molecule has 0 aromatic heterocycles. The van der Waals surface area contributed by atoms with Gasteiger partial charge in [0, 0.05) is 11.1 Å². The van der Waals surface area contributed by atoms with E-state index in [1.807, 2.05) is 0 Å². The molecule has 5 rings (SSSR count). The summed E-state index contributed by atoms with van der Waals surface area (Å²) >= 11 is 0. The summed E-state index contributed by atoms with van der Waals surface area (Å²) in [6, 6.07) is 0. The first-order chi connectivity index (χ1) is 21.7. The Kier molecular flexibility index (Phi) is 12.5. The van der Waals surface area contributed by atoms with E-state index in [-0.39, 0.29) is 0 Å². The fraction of sp³-hybridized carbons (Fsp3) is 0.500. The first kappa shape index (κ1) is 32.0. The monoisotopic (exact) mass is 588 g/mol. The van der Waals surface area contributed by atoms with Crippen molar-refractivity contribution >= 4 is 22.8 Å². The van der Waals surface area contributed by atoms with Crippen LogP contribution in [0.3, 0.4) is 0 Å². The highest BCUT2D eigenvalue weighted by Gasteiger charge is 2.20. The van der Waals surface area contributed by atoms with Gasteiger partial charge < -0.3 is 0 Å². The van der Waals surface area contributed by atoms with Crippen LogP contribution in [0.2, 0.25) is 0 Å². The van der Waals surface area contributed by atoms with Crippen LogP contribution in [0.15, 0.2) is 115 Å². The molecule has 0 aromatic carbocycles. The second-order valence-electron chi connectivity index (χ2n) is 12.7. The maximum atomic E-state index is 5.06. The lowest BCUT2D eigenvalue weighted by atomic mass is 9.99. The largest absolute Gasteiger partial charge is 0.249 e. The Bertz CT molecular complexity index is 1300. The molecule has 0 saturated carbocycles. The van der Waals surface area contributed by atoms with E-state index in [1.165, 1.54) is 114 Å². The lowest BCUT2D eigenvalue weighted by molar-refractivity contribution is 0.576. The van der Waals surface area contributed by atoms with Crippen molar-refractivity contribution in [2.45, 2.75) is 129 Å². The Morgan fingerprint density at radius 3 is 1.18 bits per heavy atom. The molecule has 0 aromatic rings. The number of allylic oxidation sites excluding steroid dienone is 12. The summed E-state index contributed by atoms with van der Waals surface area (Å²) < 4.78 is 0. The molecule has 5 aliphatic rings. The highest BCUT2D eigenvalue weighted by molar-refractivity contribution is 6.17. The first-order valence-corrected chi connectivity index (χ1v) is 17.7. The minimum absolute atomic E-state index is 0.960. The van der Waals surface area contributed by atoms with Gasteiger partial charge in [0.1, 0.15) is 0 Å². The van der Waals surface area contributed by atoms with Crippen LogP contribution in [0.5, 0.6) is 0 Å². The van der Waals surface area contributed by atoms with Gasteiger partial charge in [-0.15, -0.1) is 0 Å². The average Bonchev–Trinajstić information content (AvgIpc) is 3.85. The van der Waals surface area contributed by atoms with E-state index in [2.05, 4.69) is 74.6 Å². The number of unbranched alkanes of at least 4 members (excludes halogenated alkanes) is 14. The van der Waals surface area contributed by atoms with Gasteiger partial charge in [0.2, 0.25) is 0 Å². The van der Waals surface area contributed by atoms with Crippen LogP contribution in [0.1, 0.15) is 129 Å². The summed E-state index contributed by atoms with van der Waals surface area (Å²) in [5, 5.41) is 0. The van der Waals surface area contributed by atoms with Crippen LogP contribution >= 0.6 is 0 Å². The fourth-order valence-electron chi connectivity index (χ4n) is 6.45.